The summed E-state index contributed by atoms with van der Waals surface area (Å²) < 4.78 is 11.7. The molecule has 0 radical (unpaired) electrons. The Morgan fingerprint density at radius 2 is 2.10 bits per heavy atom. The molecular weight excluding hydrogens is 402 g/mol. The molecule has 1 aromatic carbocycles. The number of anilines is 1. The van der Waals surface area contributed by atoms with Crippen molar-refractivity contribution in [3.05, 3.63) is 34.8 Å². The molecule has 8 heteroatoms. The number of aromatic nitrogens is 1. The van der Waals surface area contributed by atoms with Gasteiger partial charge >= 0.3 is 0 Å². The minimum atomic E-state index is -0.150. The van der Waals surface area contributed by atoms with Crippen LogP contribution in [0.25, 0.3) is 0 Å². The van der Waals surface area contributed by atoms with Crippen molar-refractivity contribution < 1.29 is 19.1 Å². The van der Waals surface area contributed by atoms with Crippen LogP contribution in [-0.4, -0.2) is 41.5 Å². The molecule has 0 unspecified atom stereocenters. The molecule has 7 nitrogen and oxygen atoms in total. The molecule has 160 valence electrons. The molecule has 0 spiro atoms. The standard InChI is InChI=1S/C22H27N3O4S/c1-14(26)23-22-24-17(13-30-22)12-25-11-16(10-21(25)27)15-7-8-19(28-2)20(9-15)29-18-5-3-4-6-18/h7-9,13,16,18H,3-6,10-12H2,1-2H3,(H,23,24,26)/t16-/m1/s1. The second-order valence-corrected chi connectivity index (χ2v) is 8.79. The van der Waals surface area contributed by atoms with Gasteiger partial charge in [0.1, 0.15) is 0 Å². The number of carbonyl (C=O) groups excluding carboxylic acids is 2. The number of rotatable bonds is 7. The predicted molar refractivity (Wildman–Crippen MR) is 115 cm³/mol. The van der Waals surface area contributed by atoms with E-state index in [0.29, 0.717) is 24.6 Å². The van der Waals surface area contributed by atoms with Gasteiger partial charge in [0.05, 0.1) is 25.5 Å². The summed E-state index contributed by atoms with van der Waals surface area (Å²) in [6.07, 6.45) is 5.29. The van der Waals surface area contributed by atoms with E-state index in [1.165, 1.54) is 31.1 Å². The predicted octanol–water partition coefficient (Wildman–Crippen LogP) is 3.95. The fourth-order valence-electron chi connectivity index (χ4n) is 4.16. The molecular formula is C22H27N3O4S. The molecule has 2 aromatic rings. The molecule has 2 aliphatic rings. The van der Waals surface area contributed by atoms with E-state index in [2.05, 4.69) is 10.3 Å². The number of nitrogens with zero attached hydrogens (tertiary/aromatic N) is 2. The molecule has 2 heterocycles. The van der Waals surface area contributed by atoms with E-state index in [9.17, 15) is 9.59 Å². The first-order valence-corrected chi connectivity index (χ1v) is 11.2. The highest BCUT2D eigenvalue weighted by Crippen LogP contribution is 2.37. The van der Waals surface area contributed by atoms with Crippen molar-refractivity contribution >= 4 is 28.3 Å². The maximum Gasteiger partial charge on any atom is 0.223 e. The van der Waals surface area contributed by atoms with Gasteiger partial charge in [-0.3, -0.25) is 9.59 Å². The number of thiazole rings is 1. The first-order valence-electron chi connectivity index (χ1n) is 10.4. The number of hydrogen-bond acceptors (Lipinski definition) is 6. The number of carbonyl (C=O) groups is 2. The Hall–Kier alpha value is -2.61. The van der Waals surface area contributed by atoms with Crippen LogP contribution in [0.1, 0.15) is 56.2 Å². The van der Waals surface area contributed by atoms with Crippen LogP contribution < -0.4 is 14.8 Å². The number of likely N-dealkylation sites (tertiary alicyclic amines) is 1. The number of amides is 2. The summed E-state index contributed by atoms with van der Waals surface area (Å²) in [6.45, 7) is 2.54. The van der Waals surface area contributed by atoms with Gasteiger partial charge in [-0.1, -0.05) is 6.07 Å². The zero-order valence-electron chi connectivity index (χ0n) is 17.3. The maximum atomic E-state index is 12.6. The number of benzene rings is 1. The zero-order chi connectivity index (χ0) is 21.1. The Kier molecular flexibility index (Phi) is 6.22. The summed E-state index contributed by atoms with van der Waals surface area (Å²) in [4.78, 5) is 30.0. The molecule has 1 aliphatic carbocycles. The highest BCUT2D eigenvalue weighted by atomic mass is 32.1. The van der Waals surface area contributed by atoms with Gasteiger partial charge in [0.2, 0.25) is 11.8 Å². The molecule has 1 N–H and O–H groups in total. The molecule has 1 saturated carbocycles. The lowest BCUT2D eigenvalue weighted by molar-refractivity contribution is -0.128. The SMILES string of the molecule is COc1ccc([C@@H]2CC(=O)N(Cc3csc(NC(C)=O)n3)C2)cc1OC1CCCC1. The van der Waals surface area contributed by atoms with Gasteiger partial charge in [0.25, 0.3) is 0 Å². The minimum absolute atomic E-state index is 0.114. The number of ether oxygens (including phenoxy) is 2. The van der Waals surface area contributed by atoms with Gasteiger partial charge < -0.3 is 19.7 Å². The number of hydrogen-bond donors (Lipinski definition) is 1. The fourth-order valence-corrected chi connectivity index (χ4v) is 4.90. The Morgan fingerprint density at radius 3 is 2.83 bits per heavy atom. The maximum absolute atomic E-state index is 12.6. The minimum Gasteiger partial charge on any atom is -0.493 e. The molecule has 4 rings (SSSR count). The molecule has 1 atom stereocenters. The third-order valence-corrected chi connectivity index (χ3v) is 6.46. The topological polar surface area (TPSA) is 80.8 Å². The van der Waals surface area contributed by atoms with Gasteiger partial charge in [-0.15, -0.1) is 11.3 Å². The van der Waals surface area contributed by atoms with Crippen LogP contribution in [0.15, 0.2) is 23.6 Å². The van der Waals surface area contributed by atoms with Crippen LogP contribution in [0.5, 0.6) is 11.5 Å². The quantitative estimate of drug-likeness (QED) is 0.721. The van der Waals surface area contributed by atoms with Gasteiger partial charge in [-0.05, 0) is 43.4 Å². The zero-order valence-corrected chi connectivity index (χ0v) is 18.2. The van der Waals surface area contributed by atoms with Crippen LogP contribution in [-0.2, 0) is 16.1 Å². The fraction of sp³-hybridized carbons (Fsp3) is 0.500. The van der Waals surface area contributed by atoms with Gasteiger partial charge in [-0.2, -0.15) is 0 Å². The van der Waals surface area contributed by atoms with Crippen LogP contribution in [0.2, 0.25) is 0 Å². The summed E-state index contributed by atoms with van der Waals surface area (Å²) in [5.74, 6) is 1.58. The summed E-state index contributed by atoms with van der Waals surface area (Å²) >= 11 is 1.37. The lowest BCUT2D eigenvalue weighted by atomic mass is 9.98. The van der Waals surface area contributed by atoms with Crippen molar-refractivity contribution in [3.8, 4) is 11.5 Å². The van der Waals surface area contributed by atoms with Gasteiger partial charge in [0.15, 0.2) is 16.6 Å². The molecule has 1 aliphatic heterocycles. The average molecular weight is 430 g/mol. The normalized spacial score (nSPS) is 19.3. The summed E-state index contributed by atoms with van der Waals surface area (Å²) in [6, 6.07) is 6.00. The van der Waals surface area contributed by atoms with E-state index >= 15 is 0 Å². The van der Waals surface area contributed by atoms with Crippen molar-refractivity contribution in [2.75, 3.05) is 19.0 Å². The van der Waals surface area contributed by atoms with E-state index in [4.69, 9.17) is 9.47 Å². The van der Waals surface area contributed by atoms with Crippen LogP contribution in [0.3, 0.4) is 0 Å². The summed E-state index contributed by atoms with van der Waals surface area (Å²) in [5.41, 5.74) is 1.88. The van der Waals surface area contributed by atoms with Crippen molar-refractivity contribution in [3.63, 3.8) is 0 Å². The molecule has 0 bridgehead atoms. The third kappa shape index (κ3) is 4.75. The van der Waals surface area contributed by atoms with E-state index in [-0.39, 0.29) is 23.8 Å². The number of nitrogens with one attached hydrogen (secondary N) is 1. The highest BCUT2D eigenvalue weighted by Gasteiger charge is 2.32. The second-order valence-electron chi connectivity index (χ2n) is 7.94. The van der Waals surface area contributed by atoms with Gasteiger partial charge in [-0.25, -0.2) is 4.98 Å². The molecule has 2 fully saturated rings. The average Bonchev–Trinajstić information content (AvgIpc) is 3.45. The van der Waals surface area contributed by atoms with Crippen LogP contribution in [0, 0.1) is 0 Å². The van der Waals surface area contributed by atoms with E-state index < -0.39 is 0 Å². The summed E-state index contributed by atoms with van der Waals surface area (Å²) in [7, 11) is 1.65. The number of methoxy groups -OCH3 is 1. The lowest BCUT2D eigenvalue weighted by Gasteiger charge is -2.19. The lowest BCUT2D eigenvalue weighted by Crippen LogP contribution is -2.24. The van der Waals surface area contributed by atoms with Crippen molar-refractivity contribution in [2.45, 2.75) is 57.6 Å². The Labute approximate surface area is 180 Å². The molecule has 2 amide bonds. The third-order valence-electron chi connectivity index (χ3n) is 5.66. The summed E-state index contributed by atoms with van der Waals surface area (Å²) in [5, 5.41) is 5.12. The van der Waals surface area contributed by atoms with E-state index in [1.807, 2.05) is 28.5 Å². The Bertz CT molecular complexity index is 923. The van der Waals surface area contributed by atoms with Crippen molar-refractivity contribution in [1.29, 1.82) is 0 Å². The smallest absolute Gasteiger partial charge is 0.223 e. The largest absolute Gasteiger partial charge is 0.493 e. The van der Waals surface area contributed by atoms with Gasteiger partial charge in [0, 0.05) is 31.2 Å². The van der Waals surface area contributed by atoms with E-state index in [1.54, 1.807) is 7.11 Å². The second kappa shape index (κ2) is 9.04. The molecule has 1 aromatic heterocycles. The first kappa shape index (κ1) is 20.7. The monoisotopic (exact) mass is 429 g/mol. The Morgan fingerprint density at radius 1 is 1.30 bits per heavy atom. The highest BCUT2D eigenvalue weighted by molar-refractivity contribution is 7.13. The van der Waals surface area contributed by atoms with Crippen LogP contribution >= 0.6 is 11.3 Å². The van der Waals surface area contributed by atoms with Crippen molar-refractivity contribution in [1.82, 2.24) is 9.88 Å². The van der Waals surface area contributed by atoms with Crippen molar-refractivity contribution in [2.24, 2.45) is 0 Å². The first-order chi connectivity index (χ1) is 14.5. The van der Waals surface area contributed by atoms with E-state index in [0.717, 1.165) is 35.6 Å². The van der Waals surface area contributed by atoms with Crippen LogP contribution in [0.4, 0.5) is 5.13 Å². The Balaban J connectivity index is 1.44. The molecule has 30 heavy (non-hydrogen) atoms. The molecule has 1 saturated heterocycles.